The average molecular weight is 334 g/mol. The third kappa shape index (κ3) is 1.49. The summed E-state index contributed by atoms with van der Waals surface area (Å²) in [4.78, 5) is 0. The van der Waals surface area contributed by atoms with Gasteiger partial charge in [0.1, 0.15) is 0 Å². The van der Waals surface area contributed by atoms with Gasteiger partial charge in [0.05, 0.1) is 0 Å². The normalized spacial score (nSPS) is 24.9. The van der Waals surface area contributed by atoms with E-state index in [-0.39, 0.29) is 0 Å². The minimum absolute atomic E-state index is 0.474. The number of hydrogen-bond acceptors (Lipinski definition) is 0. The van der Waals surface area contributed by atoms with Crippen LogP contribution in [0.3, 0.4) is 0 Å². The van der Waals surface area contributed by atoms with E-state index in [1.165, 1.54) is 60.9 Å². The summed E-state index contributed by atoms with van der Waals surface area (Å²) in [6.07, 6.45) is 9.47. The standard InChI is InChI=1S/C26H22/c1-13-5-7-19-15(3)22-12-10-18-14(2)6-8-20-16(4)21-11-9-17(13)23(19)25(21)26(22)24(18)20/h5-12,23,25H,1-4H3. The van der Waals surface area contributed by atoms with Crippen molar-refractivity contribution in [3.05, 3.63) is 93.1 Å². The zero-order valence-corrected chi connectivity index (χ0v) is 15.8. The zero-order chi connectivity index (χ0) is 17.7. The molecule has 0 aliphatic heterocycles. The molecule has 0 heteroatoms. The van der Waals surface area contributed by atoms with Crippen molar-refractivity contribution in [3.63, 3.8) is 0 Å². The lowest BCUT2D eigenvalue weighted by atomic mass is 9.58. The molecule has 126 valence electrons. The largest absolute Gasteiger partial charge is 0.0587 e. The predicted octanol–water partition coefficient (Wildman–Crippen LogP) is 6.88. The molecule has 4 aliphatic rings. The summed E-state index contributed by atoms with van der Waals surface area (Å²) in [6, 6.07) is 9.36. The Morgan fingerprint density at radius 3 is 2.12 bits per heavy atom. The van der Waals surface area contributed by atoms with E-state index in [4.69, 9.17) is 0 Å². The third-order valence-corrected chi connectivity index (χ3v) is 7.17. The summed E-state index contributed by atoms with van der Waals surface area (Å²) in [5, 5.41) is 2.94. The van der Waals surface area contributed by atoms with Gasteiger partial charge >= 0.3 is 0 Å². The summed E-state index contributed by atoms with van der Waals surface area (Å²) in [5.41, 5.74) is 14.8. The van der Waals surface area contributed by atoms with Crippen LogP contribution in [0.4, 0.5) is 0 Å². The van der Waals surface area contributed by atoms with Crippen molar-refractivity contribution in [3.8, 4) is 0 Å². The van der Waals surface area contributed by atoms with Gasteiger partial charge in [-0.25, -0.2) is 0 Å². The molecular weight excluding hydrogens is 312 g/mol. The SMILES string of the molecule is CC1=C2C=CC3=C(C)c4ccc(C)c5ccc6c(c45)C3C2C(=C6C)C=C1. The smallest absolute Gasteiger partial charge is 0.0214 e. The van der Waals surface area contributed by atoms with Crippen LogP contribution in [0.1, 0.15) is 48.9 Å². The minimum atomic E-state index is 0.474. The van der Waals surface area contributed by atoms with E-state index in [1.54, 1.807) is 5.56 Å². The first-order valence-electron chi connectivity index (χ1n) is 9.63. The number of rotatable bonds is 0. The molecule has 2 aromatic rings. The molecule has 0 N–H and O–H groups in total. The van der Waals surface area contributed by atoms with Gasteiger partial charge in [0.15, 0.2) is 0 Å². The summed E-state index contributed by atoms with van der Waals surface area (Å²) >= 11 is 0. The van der Waals surface area contributed by atoms with Crippen LogP contribution in [0.5, 0.6) is 0 Å². The fourth-order valence-corrected chi connectivity index (χ4v) is 5.82. The quantitative estimate of drug-likeness (QED) is 0.492. The molecule has 0 saturated carbocycles. The zero-order valence-electron chi connectivity index (χ0n) is 15.8. The molecule has 2 aromatic carbocycles. The Hall–Kier alpha value is -2.60. The molecule has 0 radical (unpaired) electrons. The van der Waals surface area contributed by atoms with Gasteiger partial charge < -0.3 is 0 Å². The van der Waals surface area contributed by atoms with Gasteiger partial charge in [0, 0.05) is 11.8 Å². The van der Waals surface area contributed by atoms with Crippen LogP contribution < -0.4 is 0 Å². The Kier molecular flexibility index (Phi) is 2.56. The second-order valence-corrected chi connectivity index (χ2v) is 8.30. The maximum absolute atomic E-state index is 2.40. The Morgan fingerprint density at radius 1 is 0.615 bits per heavy atom. The van der Waals surface area contributed by atoms with Crippen LogP contribution in [0, 0.1) is 12.8 Å². The van der Waals surface area contributed by atoms with E-state index < -0.39 is 0 Å². The van der Waals surface area contributed by atoms with E-state index in [2.05, 4.69) is 76.3 Å². The van der Waals surface area contributed by atoms with Crippen molar-refractivity contribution >= 4 is 21.9 Å². The second-order valence-electron chi connectivity index (χ2n) is 8.30. The van der Waals surface area contributed by atoms with Gasteiger partial charge in [0.2, 0.25) is 0 Å². The first-order valence-corrected chi connectivity index (χ1v) is 9.63. The fourth-order valence-electron chi connectivity index (χ4n) is 5.82. The summed E-state index contributed by atoms with van der Waals surface area (Å²) in [6.45, 7) is 9.16. The molecular formula is C26H22. The van der Waals surface area contributed by atoms with Crippen molar-refractivity contribution in [2.24, 2.45) is 5.92 Å². The van der Waals surface area contributed by atoms with Gasteiger partial charge in [-0.3, -0.25) is 0 Å². The fraction of sp³-hybridized carbons (Fsp3) is 0.231. The molecule has 0 bridgehead atoms. The molecule has 0 nitrogen and oxygen atoms in total. The lowest BCUT2D eigenvalue weighted by Gasteiger charge is -2.45. The monoisotopic (exact) mass is 334 g/mol. The summed E-state index contributed by atoms with van der Waals surface area (Å²) in [7, 11) is 0. The topological polar surface area (TPSA) is 0 Å². The number of aryl methyl sites for hydroxylation is 1. The van der Waals surface area contributed by atoms with E-state index in [0.29, 0.717) is 11.8 Å². The molecule has 0 saturated heterocycles. The Balaban J connectivity index is 1.88. The van der Waals surface area contributed by atoms with Crippen LogP contribution in [-0.4, -0.2) is 0 Å². The summed E-state index contributed by atoms with van der Waals surface area (Å²) < 4.78 is 0. The third-order valence-electron chi connectivity index (χ3n) is 7.17. The first kappa shape index (κ1) is 14.6. The first-order chi connectivity index (χ1) is 12.6. The highest BCUT2D eigenvalue weighted by atomic mass is 14.5. The van der Waals surface area contributed by atoms with Gasteiger partial charge in [-0.1, -0.05) is 48.6 Å². The van der Waals surface area contributed by atoms with E-state index >= 15 is 0 Å². The van der Waals surface area contributed by atoms with Crippen molar-refractivity contribution < 1.29 is 0 Å². The highest BCUT2D eigenvalue weighted by Gasteiger charge is 2.43. The van der Waals surface area contributed by atoms with Crippen molar-refractivity contribution in [2.45, 2.75) is 33.6 Å². The number of hydrogen-bond donors (Lipinski definition) is 0. The predicted molar refractivity (Wildman–Crippen MR) is 111 cm³/mol. The lowest BCUT2D eigenvalue weighted by Crippen LogP contribution is -2.30. The van der Waals surface area contributed by atoms with E-state index in [0.717, 1.165) is 0 Å². The van der Waals surface area contributed by atoms with Gasteiger partial charge in [0.25, 0.3) is 0 Å². The molecule has 0 fully saturated rings. The molecule has 0 spiro atoms. The summed E-state index contributed by atoms with van der Waals surface area (Å²) in [5.74, 6) is 0.961. The van der Waals surface area contributed by atoms with Crippen molar-refractivity contribution in [1.29, 1.82) is 0 Å². The van der Waals surface area contributed by atoms with Crippen LogP contribution >= 0.6 is 0 Å². The highest BCUT2D eigenvalue weighted by Crippen LogP contribution is 2.59. The second kappa shape index (κ2) is 4.57. The Bertz CT molecular complexity index is 1200. The van der Waals surface area contributed by atoms with E-state index in [1.807, 2.05) is 0 Å². The van der Waals surface area contributed by atoms with E-state index in [9.17, 15) is 0 Å². The Labute approximate surface area is 154 Å². The van der Waals surface area contributed by atoms with Gasteiger partial charge in [-0.15, -0.1) is 0 Å². The Morgan fingerprint density at radius 2 is 1.27 bits per heavy atom. The lowest BCUT2D eigenvalue weighted by molar-refractivity contribution is 0.611. The molecule has 2 atom stereocenters. The number of benzene rings is 2. The van der Waals surface area contributed by atoms with Crippen LogP contribution in [-0.2, 0) is 0 Å². The highest BCUT2D eigenvalue weighted by molar-refractivity contribution is 6.05. The maximum Gasteiger partial charge on any atom is 0.0214 e. The van der Waals surface area contributed by atoms with Gasteiger partial charge in [-0.2, -0.15) is 0 Å². The minimum Gasteiger partial charge on any atom is -0.0587 e. The van der Waals surface area contributed by atoms with Crippen LogP contribution in [0.25, 0.3) is 21.9 Å². The molecule has 6 rings (SSSR count). The number of allylic oxidation sites excluding steroid dienone is 10. The van der Waals surface area contributed by atoms with Crippen molar-refractivity contribution in [1.82, 2.24) is 0 Å². The van der Waals surface area contributed by atoms with Gasteiger partial charge in [-0.05, 0) is 94.2 Å². The van der Waals surface area contributed by atoms with Crippen molar-refractivity contribution in [2.75, 3.05) is 0 Å². The molecule has 4 aliphatic carbocycles. The maximum atomic E-state index is 2.40. The van der Waals surface area contributed by atoms with Crippen LogP contribution in [0.2, 0.25) is 0 Å². The average Bonchev–Trinajstić information content (AvgIpc) is 2.65. The molecule has 0 amide bonds. The molecule has 0 aromatic heterocycles. The molecule has 0 heterocycles. The molecule has 26 heavy (non-hydrogen) atoms. The van der Waals surface area contributed by atoms with Crippen LogP contribution in [0.15, 0.2) is 70.9 Å². The molecule has 2 unspecified atom stereocenters.